The van der Waals surface area contributed by atoms with Crippen LogP contribution in [0.5, 0.6) is 5.75 Å². The Morgan fingerprint density at radius 1 is 0.963 bits per heavy atom. The fourth-order valence-electron chi connectivity index (χ4n) is 3.80. The average molecular weight is 393 g/mol. The van der Waals surface area contributed by atoms with E-state index < -0.39 is 11.6 Å². The van der Waals surface area contributed by atoms with Crippen LogP contribution in [0, 0.1) is 17.6 Å². The predicted octanol–water partition coefficient (Wildman–Crippen LogP) is 7.32. The molecule has 1 aliphatic rings. The molecule has 1 aliphatic carbocycles. The third-order valence-electron chi connectivity index (χ3n) is 5.55. The highest BCUT2D eigenvalue weighted by Gasteiger charge is 2.26. The van der Waals surface area contributed by atoms with Crippen LogP contribution in [0.15, 0.2) is 36.4 Å². The molecule has 1 nitrogen and oxygen atoms in total. The minimum absolute atomic E-state index is 0.0855. The van der Waals surface area contributed by atoms with Crippen LogP contribution in [0.2, 0.25) is 0 Å². The first-order chi connectivity index (χ1) is 13.1. The van der Waals surface area contributed by atoms with Crippen molar-refractivity contribution in [3.8, 4) is 16.9 Å². The Hall–Kier alpha value is -1.61. The number of alkyl halides is 1. The Balaban J connectivity index is 1.75. The van der Waals surface area contributed by atoms with E-state index in [0.29, 0.717) is 35.1 Å². The molecule has 1 saturated carbocycles. The van der Waals surface area contributed by atoms with Gasteiger partial charge in [0.15, 0.2) is 11.6 Å². The summed E-state index contributed by atoms with van der Waals surface area (Å²) in [5, 5.41) is 0. The van der Waals surface area contributed by atoms with E-state index in [2.05, 4.69) is 6.92 Å². The van der Waals surface area contributed by atoms with Gasteiger partial charge < -0.3 is 4.74 Å². The van der Waals surface area contributed by atoms with Gasteiger partial charge in [-0.2, -0.15) is 0 Å². The monoisotopic (exact) mass is 392 g/mol. The Morgan fingerprint density at radius 3 is 2.30 bits per heavy atom. The molecule has 0 radical (unpaired) electrons. The third kappa shape index (κ3) is 4.82. The molecule has 0 bridgehead atoms. The molecule has 0 heterocycles. The van der Waals surface area contributed by atoms with Gasteiger partial charge in [0.2, 0.25) is 0 Å². The fraction of sp³-hybridized carbons (Fsp3) is 0.478. The van der Waals surface area contributed by atoms with Crippen molar-refractivity contribution in [2.45, 2.75) is 51.4 Å². The topological polar surface area (TPSA) is 9.23 Å². The molecule has 27 heavy (non-hydrogen) atoms. The summed E-state index contributed by atoms with van der Waals surface area (Å²) in [6, 6.07) is 10.6. The average Bonchev–Trinajstić information content (AvgIpc) is 2.71. The molecule has 0 spiro atoms. The van der Waals surface area contributed by atoms with Crippen molar-refractivity contribution in [3.63, 3.8) is 0 Å². The molecule has 0 unspecified atom stereocenters. The first kappa shape index (κ1) is 20.1. The molecule has 1 fully saturated rings. The molecule has 3 rings (SSSR count). The maximum Gasteiger partial charge on any atom is 0.166 e. The largest absolute Gasteiger partial charge is 0.494 e. The van der Waals surface area contributed by atoms with E-state index in [0.717, 1.165) is 44.3 Å². The smallest absolute Gasteiger partial charge is 0.166 e. The normalized spacial score (nSPS) is 19.9. The van der Waals surface area contributed by atoms with Gasteiger partial charge in [0.25, 0.3) is 0 Å². The van der Waals surface area contributed by atoms with Crippen LogP contribution in [-0.4, -0.2) is 12.5 Å². The van der Waals surface area contributed by atoms with Gasteiger partial charge in [-0.3, -0.25) is 0 Å². The summed E-state index contributed by atoms with van der Waals surface area (Å²) in [4.78, 5) is 0. The summed E-state index contributed by atoms with van der Waals surface area (Å²) in [6.07, 6.45) is 5.78. The summed E-state index contributed by atoms with van der Waals surface area (Å²) in [5.74, 6) is 0.536. The van der Waals surface area contributed by atoms with E-state index in [1.54, 1.807) is 24.3 Å². The van der Waals surface area contributed by atoms with Crippen molar-refractivity contribution in [2.75, 3.05) is 12.5 Å². The highest BCUT2D eigenvalue weighted by atomic mass is 35.5. The second-order valence-electron chi connectivity index (χ2n) is 7.43. The fourth-order valence-corrected chi connectivity index (χ4v) is 4.10. The Labute approximate surface area is 165 Å². The number of ether oxygens (including phenoxy) is 1. The van der Waals surface area contributed by atoms with Gasteiger partial charge in [-0.25, -0.2) is 8.78 Å². The lowest BCUT2D eigenvalue weighted by Gasteiger charge is -2.28. The zero-order valence-electron chi connectivity index (χ0n) is 15.8. The van der Waals surface area contributed by atoms with Gasteiger partial charge in [0.1, 0.15) is 5.75 Å². The lowest BCUT2D eigenvalue weighted by molar-refractivity contribution is 0.309. The number of benzene rings is 2. The van der Waals surface area contributed by atoms with E-state index in [4.69, 9.17) is 16.3 Å². The third-order valence-corrected chi connectivity index (χ3v) is 5.99. The molecular formula is C23H27ClF2O. The van der Waals surface area contributed by atoms with Crippen molar-refractivity contribution < 1.29 is 13.5 Å². The van der Waals surface area contributed by atoms with Crippen LogP contribution in [0.4, 0.5) is 8.78 Å². The van der Waals surface area contributed by atoms with Crippen LogP contribution in [-0.2, 0) is 0 Å². The summed E-state index contributed by atoms with van der Waals surface area (Å²) >= 11 is 5.92. The van der Waals surface area contributed by atoms with E-state index in [1.165, 1.54) is 0 Å². The van der Waals surface area contributed by atoms with Gasteiger partial charge in [0.05, 0.1) is 6.61 Å². The van der Waals surface area contributed by atoms with E-state index in [1.807, 2.05) is 12.1 Å². The molecule has 0 saturated heterocycles. The number of halogens is 3. The molecule has 2 aromatic carbocycles. The van der Waals surface area contributed by atoms with Gasteiger partial charge in [-0.05, 0) is 67.2 Å². The zero-order chi connectivity index (χ0) is 19.2. The van der Waals surface area contributed by atoms with Gasteiger partial charge in [-0.1, -0.05) is 37.6 Å². The molecule has 0 aromatic heterocycles. The van der Waals surface area contributed by atoms with Crippen LogP contribution >= 0.6 is 11.6 Å². The standard InChI is InChI=1S/C23H27ClF2O/c1-2-3-14-27-19-10-8-18(9-11-19)21-13-12-20(22(25)23(21)26)17-6-4-16(15-24)5-7-17/h8-13,16-17H,2-7,14-15H2,1H3. The van der Waals surface area contributed by atoms with E-state index in [-0.39, 0.29) is 5.92 Å². The van der Waals surface area contributed by atoms with Crippen LogP contribution in [0.3, 0.4) is 0 Å². The summed E-state index contributed by atoms with van der Waals surface area (Å²) in [7, 11) is 0. The van der Waals surface area contributed by atoms with Crippen molar-refractivity contribution in [2.24, 2.45) is 5.92 Å². The number of rotatable bonds is 7. The predicted molar refractivity (Wildman–Crippen MR) is 108 cm³/mol. The molecule has 0 N–H and O–H groups in total. The Bertz CT molecular complexity index is 737. The Morgan fingerprint density at radius 2 is 1.67 bits per heavy atom. The van der Waals surface area contributed by atoms with E-state index in [9.17, 15) is 8.78 Å². The minimum atomic E-state index is -0.758. The number of hydrogen-bond acceptors (Lipinski definition) is 1. The first-order valence-corrected chi connectivity index (χ1v) is 10.4. The molecule has 4 heteroatoms. The first-order valence-electron chi connectivity index (χ1n) is 9.91. The minimum Gasteiger partial charge on any atom is -0.494 e. The maximum atomic E-state index is 14.8. The van der Waals surface area contributed by atoms with E-state index >= 15 is 0 Å². The lowest BCUT2D eigenvalue weighted by Crippen LogP contribution is -2.15. The number of unbranched alkanes of at least 4 members (excludes halogenated alkanes) is 1. The summed E-state index contributed by atoms with van der Waals surface area (Å²) in [5.41, 5.74) is 1.46. The van der Waals surface area contributed by atoms with Crippen LogP contribution in [0.1, 0.15) is 56.9 Å². The van der Waals surface area contributed by atoms with Gasteiger partial charge in [0, 0.05) is 11.4 Å². The van der Waals surface area contributed by atoms with Gasteiger partial charge >= 0.3 is 0 Å². The summed E-state index contributed by atoms with van der Waals surface area (Å²) < 4.78 is 35.2. The highest BCUT2D eigenvalue weighted by Crippen LogP contribution is 2.39. The van der Waals surface area contributed by atoms with Crippen molar-refractivity contribution in [3.05, 3.63) is 53.6 Å². The second kappa shape index (κ2) is 9.54. The molecule has 146 valence electrons. The second-order valence-corrected chi connectivity index (χ2v) is 7.74. The molecule has 0 amide bonds. The highest BCUT2D eigenvalue weighted by molar-refractivity contribution is 6.18. The quantitative estimate of drug-likeness (QED) is 0.354. The van der Waals surface area contributed by atoms with Gasteiger partial charge in [-0.15, -0.1) is 11.6 Å². The Kier molecular flexibility index (Phi) is 7.12. The molecule has 0 atom stereocenters. The maximum absolute atomic E-state index is 14.8. The molecule has 0 aliphatic heterocycles. The zero-order valence-corrected chi connectivity index (χ0v) is 16.6. The molecular weight excluding hydrogens is 366 g/mol. The lowest BCUT2D eigenvalue weighted by atomic mass is 9.79. The van der Waals surface area contributed by atoms with Crippen molar-refractivity contribution >= 4 is 11.6 Å². The SMILES string of the molecule is CCCCOc1ccc(-c2ccc(C3CCC(CCl)CC3)c(F)c2F)cc1. The number of hydrogen-bond donors (Lipinski definition) is 0. The van der Waals surface area contributed by atoms with Crippen LogP contribution in [0.25, 0.3) is 11.1 Å². The van der Waals surface area contributed by atoms with Crippen LogP contribution < -0.4 is 4.74 Å². The summed E-state index contributed by atoms with van der Waals surface area (Å²) in [6.45, 7) is 2.77. The van der Waals surface area contributed by atoms with Crippen molar-refractivity contribution in [1.29, 1.82) is 0 Å². The van der Waals surface area contributed by atoms with Crippen molar-refractivity contribution in [1.82, 2.24) is 0 Å². The molecule has 2 aromatic rings.